The molecule has 3 aliphatic heterocycles. The van der Waals surface area contributed by atoms with Crippen LogP contribution in [-0.2, 0) is 15.9 Å². The number of phenols is 1. The molecule has 0 aromatic heterocycles. The van der Waals surface area contributed by atoms with E-state index < -0.39 is 11.8 Å². The number of hydrogen-bond donors (Lipinski definition) is 2. The Morgan fingerprint density at radius 3 is 2.92 bits per heavy atom. The van der Waals surface area contributed by atoms with Crippen molar-refractivity contribution in [3.05, 3.63) is 22.8 Å². The van der Waals surface area contributed by atoms with Crippen molar-refractivity contribution in [1.82, 2.24) is 0 Å². The molecule has 1 spiro atoms. The number of hydrogen-bond acceptors (Lipinski definition) is 5. The fourth-order valence-electron chi connectivity index (χ4n) is 4.51. The topological polar surface area (TPSA) is 85.2 Å². The lowest BCUT2D eigenvalue weighted by atomic mass is 9.84. The number of rotatable bonds is 5. The molecule has 4 rings (SSSR count). The van der Waals surface area contributed by atoms with Crippen LogP contribution >= 0.6 is 0 Å². The molecule has 0 aliphatic carbocycles. The highest BCUT2D eigenvalue weighted by Gasteiger charge is 2.49. The van der Waals surface area contributed by atoms with E-state index in [1.165, 1.54) is 6.42 Å². The molecule has 3 atom stereocenters. The van der Waals surface area contributed by atoms with Gasteiger partial charge in [-0.2, -0.15) is 0 Å². The predicted octanol–water partition coefficient (Wildman–Crippen LogP) is 3.94. The smallest absolute Gasteiger partial charge is 0.343 e. The van der Waals surface area contributed by atoms with Crippen molar-refractivity contribution in [2.24, 2.45) is 0 Å². The van der Waals surface area contributed by atoms with E-state index >= 15 is 0 Å². The van der Waals surface area contributed by atoms with Gasteiger partial charge in [-0.05, 0) is 30.9 Å². The second-order valence-electron chi connectivity index (χ2n) is 7.59. The zero-order valence-electron chi connectivity index (χ0n) is 15.1. The maximum Gasteiger partial charge on any atom is 0.343 e. The summed E-state index contributed by atoms with van der Waals surface area (Å²) >= 11 is 0. The van der Waals surface area contributed by atoms with Crippen LogP contribution in [0.2, 0.25) is 0 Å². The maximum atomic E-state index is 11.7. The minimum Gasteiger partial charge on any atom is -0.507 e. The van der Waals surface area contributed by atoms with Gasteiger partial charge in [0.25, 0.3) is 0 Å². The van der Waals surface area contributed by atoms with E-state index in [-0.39, 0.29) is 29.3 Å². The largest absolute Gasteiger partial charge is 0.507 e. The van der Waals surface area contributed by atoms with Gasteiger partial charge in [0, 0.05) is 18.4 Å². The van der Waals surface area contributed by atoms with Gasteiger partial charge in [0.2, 0.25) is 5.79 Å². The van der Waals surface area contributed by atoms with Crippen LogP contribution in [0.15, 0.2) is 6.07 Å². The Morgan fingerprint density at radius 2 is 2.23 bits per heavy atom. The quantitative estimate of drug-likeness (QED) is 0.772. The highest BCUT2D eigenvalue weighted by atomic mass is 16.7. The summed E-state index contributed by atoms with van der Waals surface area (Å²) in [5, 5.41) is 19.9. The van der Waals surface area contributed by atoms with E-state index in [4.69, 9.17) is 14.2 Å². The molecule has 142 valence electrons. The van der Waals surface area contributed by atoms with Gasteiger partial charge >= 0.3 is 5.97 Å². The van der Waals surface area contributed by atoms with Gasteiger partial charge in [-0.15, -0.1) is 0 Å². The van der Waals surface area contributed by atoms with Crippen molar-refractivity contribution in [2.45, 2.75) is 76.3 Å². The Labute approximate surface area is 153 Å². The first-order valence-electron chi connectivity index (χ1n) is 9.63. The van der Waals surface area contributed by atoms with Crippen molar-refractivity contribution >= 4 is 5.97 Å². The Kier molecular flexibility index (Phi) is 4.57. The minimum atomic E-state index is -1.20. The van der Waals surface area contributed by atoms with Gasteiger partial charge in [-0.3, -0.25) is 0 Å². The van der Waals surface area contributed by atoms with Gasteiger partial charge in [0.15, 0.2) is 0 Å². The van der Waals surface area contributed by atoms with Crippen molar-refractivity contribution in [1.29, 1.82) is 0 Å². The van der Waals surface area contributed by atoms with E-state index in [2.05, 4.69) is 6.92 Å². The van der Waals surface area contributed by atoms with Crippen LogP contribution in [0.1, 0.15) is 79.5 Å². The van der Waals surface area contributed by atoms with Crippen LogP contribution < -0.4 is 4.74 Å². The third-order valence-corrected chi connectivity index (χ3v) is 5.71. The number of aromatic hydroxyl groups is 1. The summed E-state index contributed by atoms with van der Waals surface area (Å²) in [7, 11) is 0. The molecule has 0 bridgehead atoms. The molecular weight excluding hydrogens is 336 g/mol. The third-order valence-electron chi connectivity index (χ3n) is 5.71. The van der Waals surface area contributed by atoms with Gasteiger partial charge in [0.05, 0.1) is 18.8 Å². The van der Waals surface area contributed by atoms with Crippen molar-refractivity contribution < 1.29 is 29.2 Å². The fraction of sp³-hybridized carbons (Fsp3) is 0.650. The third kappa shape index (κ3) is 2.95. The molecule has 26 heavy (non-hydrogen) atoms. The normalized spacial score (nSPS) is 29.4. The molecule has 1 aromatic rings. The average molecular weight is 362 g/mol. The summed E-state index contributed by atoms with van der Waals surface area (Å²) in [6.45, 7) is 2.77. The molecule has 0 saturated carbocycles. The summed E-state index contributed by atoms with van der Waals surface area (Å²) < 4.78 is 18.3. The Morgan fingerprint density at radius 1 is 1.38 bits per heavy atom. The van der Waals surface area contributed by atoms with Gasteiger partial charge < -0.3 is 24.4 Å². The number of ether oxygens (including phenoxy) is 3. The molecule has 1 fully saturated rings. The monoisotopic (exact) mass is 362 g/mol. The van der Waals surface area contributed by atoms with E-state index in [0.29, 0.717) is 25.9 Å². The lowest BCUT2D eigenvalue weighted by molar-refractivity contribution is -0.197. The second-order valence-corrected chi connectivity index (χ2v) is 7.59. The van der Waals surface area contributed by atoms with Gasteiger partial charge in [-0.25, -0.2) is 4.79 Å². The van der Waals surface area contributed by atoms with Gasteiger partial charge in [0.1, 0.15) is 17.1 Å². The summed E-state index contributed by atoms with van der Waals surface area (Å²) in [5.41, 5.74) is 1.54. The maximum absolute atomic E-state index is 11.7. The van der Waals surface area contributed by atoms with Crippen LogP contribution in [0, 0.1) is 0 Å². The fourth-order valence-corrected chi connectivity index (χ4v) is 4.51. The lowest BCUT2D eigenvalue weighted by Gasteiger charge is -2.44. The number of benzene rings is 1. The summed E-state index contributed by atoms with van der Waals surface area (Å²) in [6.07, 6.45) is 7.06. The van der Waals surface area contributed by atoms with Crippen LogP contribution in [0.3, 0.4) is 0 Å². The second kappa shape index (κ2) is 6.74. The van der Waals surface area contributed by atoms with Crippen molar-refractivity contribution in [3.8, 4) is 11.5 Å². The van der Waals surface area contributed by atoms with Crippen LogP contribution in [0.5, 0.6) is 11.5 Å². The SMILES string of the molecule is CCCCC[C@@H]1Cc2cc(O)c(C(=O)O)c3c2[C@H](C[C@]2(CCCO2)O3)O1. The predicted molar refractivity (Wildman–Crippen MR) is 93.7 cm³/mol. The van der Waals surface area contributed by atoms with E-state index in [0.717, 1.165) is 36.8 Å². The molecule has 1 saturated heterocycles. The number of aromatic carboxylic acids is 1. The molecule has 0 unspecified atom stereocenters. The number of carboxylic acid groups (broad SMARTS) is 1. The first-order valence-corrected chi connectivity index (χ1v) is 9.63. The standard InChI is InChI=1S/C20H26O6/c1-2-3-4-6-13-9-12-10-14(21)17(19(22)23)18-16(12)15(25-13)11-20(26-18)7-5-8-24-20/h10,13,15,21H,2-9,11H2,1H3,(H,22,23)/t13-,15+,20+/m1/s1. The minimum absolute atomic E-state index is 0.0820. The van der Waals surface area contributed by atoms with Crippen molar-refractivity contribution in [2.75, 3.05) is 6.61 Å². The van der Waals surface area contributed by atoms with Crippen LogP contribution in [0.25, 0.3) is 0 Å². The van der Waals surface area contributed by atoms with Crippen LogP contribution in [-0.4, -0.2) is 34.7 Å². The molecule has 1 aromatic carbocycles. The molecule has 6 nitrogen and oxygen atoms in total. The zero-order valence-corrected chi connectivity index (χ0v) is 15.1. The number of carbonyl (C=O) groups is 1. The van der Waals surface area contributed by atoms with E-state index in [9.17, 15) is 15.0 Å². The first kappa shape index (κ1) is 17.6. The Balaban J connectivity index is 1.74. The van der Waals surface area contributed by atoms with Crippen molar-refractivity contribution in [3.63, 3.8) is 0 Å². The molecule has 0 amide bonds. The Bertz CT molecular complexity index is 707. The average Bonchev–Trinajstić information content (AvgIpc) is 3.01. The molecule has 3 heterocycles. The highest BCUT2D eigenvalue weighted by molar-refractivity contribution is 5.95. The zero-order chi connectivity index (χ0) is 18.3. The molecule has 2 N–H and O–H groups in total. The van der Waals surface area contributed by atoms with Crippen LogP contribution in [0.4, 0.5) is 0 Å². The summed E-state index contributed by atoms with van der Waals surface area (Å²) in [4.78, 5) is 11.7. The molecule has 3 aliphatic rings. The summed E-state index contributed by atoms with van der Waals surface area (Å²) in [5.74, 6) is -2.04. The highest BCUT2D eigenvalue weighted by Crippen LogP contribution is 2.53. The van der Waals surface area contributed by atoms with Gasteiger partial charge in [-0.1, -0.05) is 26.2 Å². The summed E-state index contributed by atoms with van der Waals surface area (Å²) in [6, 6.07) is 1.58. The van der Waals surface area contributed by atoms with E-state index in [1.807, 2.05) is 0 Å². The molecule has 0 radical (unpaired) electrons. The molecule has 6 heteroatoms. The van der Waals surface area contributed by atoms with E-state index in [1.54, 1.807) is 6.07 Å². The number of unbranched alkanes of at least 4 members (excludes halogenated alkanes) is 2. The first-order chi connectivity index (χ1) is 12.5. The number of carboxylic acids is 1. The lowest BCUT2D eigenvalue weighted by Crippen LogP contribution is -2.44. The Hall–Kier alpha value is -1.79. The molecular formula is C20H26O6.